The summed E-state index contributed by atoms with van der Waals surface area (Å²) in [4.78, 5) is 0. The Balaban J connectivity index is 3.07. The average Bonchev–Trinajstić information content (AvgIpc) is 1.63. The maximum atomic E-state index is 3.61. The third-order valence-electron chi connectivity index (χ3n) is 1.37. The second kappa shape index (κ2) is 4.32. The highest BCUT2D eigenvalue weighted by Gasteiger charge is 2.10. The first-order valence-electron chi connectivity index (χ1n) is 3.75. The topological polar surface area (TPSA) is 0 Å². The summed E-state index contributed by atoms with van der Waals surface area (Å²) in [6.07, 6.45) is 5.34. The lowest BCUT2D eigenvalue weighted by atomic mass is 10.1. The van der Waals surface area contributed by atoms with E-state index in [9.17, 15) is 0 Å². The molecular formula is C8H17Br. The van der Waals surface area contributed by atoms with Gasteiger partial charge in [-0.2, -0.15) is 0 Å². The minimum atomic E-state index is 0.363. The molecule has 0 aliphatic heterocycles. The van der Waals surface area contributed by atoms with Crippen LogP contribution in [-0.4, -0.2) is 4.32 Å². The van der Waals surface area contributed by atoms with Gasteiger partial charge in [0, 0.05) is 4.32 Å². The molecule has 0 saturated heterocycles. The van der Waals surface area contributed by atoms with E-state index < -0.39 is 0 Å². The third kappa shape index (κ3) is 8.48. The molecule has 0 nitrogen and oxygen atoms in total. The van der Waals surface area contributed by atoms with Gasteiger partial charge in [0.15, 0.2) is 0 Å². The lowest BCUT2D eigenvalue weighted by Crippen LogP contribution is -2.07. The molecule has 0 aromatic heterocycles. The first-order valence-corrected chi connectivity index (χ1v) is 4.54. The van der Waals surface area contributed by atoms with Crippen molar-refractivity contribution < 1.29 is 0 Å². The van der Waals surface area contributed by atoms with Crippen LogP contribution in [-0.2, 0) is 0 Å². The molecular weight excluding hydrogens is 176 g/mol. The van der Waals surface area contributed by atoms with E-state index in [4.69, 9.17) is 0 Å². The minimum Gasteiger partial charge on any atom is -0.0859 e. The largest absolute Gasteiger partial charge is 0.0859 e. The second-order valence-electron chi connectivity index (χ2n) is 3.18. The first kappa shape index (κ1) is 9.48. The fourth-order valence-corrected chi connectivity index (χ4v) is 1.08. The summed E-state index contributed by atoms with van der Waals surface area (Å²) in [5.74, 6) is 0. The second-order valence-corrected chi connectivity index (χ2v) is 5.32. The van der Waals surface area contributed by atoms with Crippen molar-refractivity contribution in [3.63, 3.8) is 0 Å². The maximum Gasteiger partial charge on any atom is 0.0201 e. The van der Waals surface area contributed by atoms with Crippen molar-refractivity contribution in [3.8, 4) is 0 Å². The molecule has 0 heterocycles. The number of rotatable bonds is 4. The van der Waals surface area contributed by atoms with Crippen LogP contribution in [0.25, 0.3) is 0 Å². The van der Waals surface area contributed by atoms with Crippen molar-refractivity contribution in [1.29, 1.82) is 0 Å². The molecule has 0 atom stereocenters. The van der Waals surface area contributed by atoms with Crippen LogP contribution in [0.1, 0.15) is 46.5 Å². The normalized spacial score (nSPS) is 12.0. The molecule has 0 rings (SSSR count). The van der Waals surface area contributed by atoms with Crippen molar-refractivity contribution in [1.82, 2.24) is 0 Å². The monoisotopic (exact) mass is 192 g/mol. The summed E-state index contributed by atoms with van der Waals surface area (Å²) < 4.78 is 0.363. The van der Waals surface area contributed by atoms with Gasteiger partial charge >= 0.3 is 0 Å². The molecule has 9 heavy (non-hydrogen) atoms. The molecule has 0 N–H and O–H groups in total. The average molecular weight is 193 g/mol. The number of halogens is 1. The fraction of sp³-hybridized carbons (Fsp3) is 1.00. The van der Waals surface area contributed by atoms with Crippen molar-refractivity contribution >= 4 is 15.9 Å². The van der Waals surface area contributed by atoms with Crippen LogP contribution in [0.5, 0.6) is 0 Å². The quantitative estimate of drug-likeness (QED) is 0.471. The van der Waals surface area contributed by atoms with Gasteiger partial charge in [-0.3, -0.25) is 0 Å². The van der Waals surface area contributed by atoms with Gasteiger partial charge in [-0.1, -0.05) is 56.0 Å². The predicted octanol–water partition coefficient (Wildman–Crippen LogP) is 3.74. The van der Waals surface area contributed by atoms with Gasteiger partial charge in [0.1, 0.15) is 0 Å². The molecule has 0 aromatic rings. The van der Waals surface area contributed by atoms with Crippen molar-refractivity contribution in [2.24, 2.45) is 0 Å². The summed E-state index contributed by atoms with van der Waals surface area (Å²) in [5, 5.41) is 0. The summed E-state index contributed by atoms with van der Waals surface area (Å²) in [6, 6.07) is 0. The van der Waals surface area contributed by atoms with E-state index >= 15 is 0 Å². The Hall–Kier alpha value is 0.480. The van der Waals surface area contributed by atoms with E-state index in [1.807, 2.05) is 0 Å². The van der Waals surface area contributed by atoms with E-state index in [1.54, 1.807) is 0 Å². The summed E-state index contributed by atoms with van der Waals surface area (Å²) >= 11 is 3.61. The Bertz CT molecular complexity index is 61.5. The van der Waals surface area contributed by atoms with Crippen LogP contribution in [0.3, 0.4) is 0 Å². The Kier molecular flexibility index (Phi) is 4.55. The van der Waals surface area contributed by atoms with Crippen LogP contribution < -0.4 is 0 Å². The van der Waals surface area contributed by atoms with Gasteiger partial charge in [-0.25, -0.2) is 0 Å². The van der Waals surface area contributed by atoms with Gasteiger partial charge < -0.3 is 0 Å². The highest BCUT2D eigenvalue weighted by atomic mass is 79.9. The zero-order valence-electron chi connectivity index (χ0n) is 6.71. The van der Waals surface area contributed by atoms with Gasteiger partial charge in [0.2, 0.25) is 0 Å². The van der Waals surface area contributed by atoms with Crippen LogP contribution in [0, 0.1) is 0 Å². The number of hydrogen-bond donors (Lipinski definition) is 0. The van der Waals surface area contributed by atoms with Gasteiger partial charge in [0.25, 0.3) is 0 Å². The maximum absolute atomic E-state index is 3.61. The Labute approximate surface area is 67.2 Å². The molecule has 0 aromatic carbocycles. The molecule has 0 aliphatic carbocycles. The molecule has 0 bridgehead atoms. The van der Waals surface area contributed by atoms with Crippen LogP contribution in [0.4, 0.5) is 0 Å². The van der Waals surface area contributed by atoms with Gasteiger partial charge in [0.05, 0.1) is 0 Å². The van der Waals surface area contributed by atoms with Crippen molar-refractivity contribution in [2.45, 2.75) is 50.8 Å². The molecule has 0 aliphatic rings. The van der Waals surface area contributed by atoms with Crippen LogP contribution in [0.15, 0.2) is 0 Å². The van der Waals surface area contributed by atoms with Crippen molar-refractivity contribution in [3.05, 3.63) is 0 Å². The minimum absolute atomic E-state index is 0.363. The molecule has 56 valence electrons. The van der Waals surface area contributed by atoms with E-state index in [2.05, 4.69) is 36.7 Å². The first-order chi connectivity index (χ1) is 4.06. The van der Waals surface area contributed by atoms with Gasteiger partial charge in [-0.05, 0) is 6.42 Å². The van der Waals surface area contributed by atoms with Crippen LogP contribution >= 0.6 is 15.9 Å². The van der Waals surface area contributed by atoms with E-state index in [0.717, 1.165) is 0 Å². The Morgan fingerprint density at radius 3 is 2.11 bits per heavy atom. The molecule has 0 amide bonds. The fourth-order valence-electron chi connectivity index (χ4n) is 0.795. The summed E-state index contributed by atoms with van der Waals surface area (Å²) in [7, 11) is 0. The summed E-state index contributed by atoms with van der Waals surface area (Å²) in [5.41, 5.74) is 0. The Morgan fingerprint density at radius 1 is 1.22 bits per heavy atom. The molecule has 1 heteroatoms. The zero-order chi connectivity index (χ0) is 7.33. The molecule has 0 saturated carbocycles. The van der Waals surface area contributed by atoms with Crippen molar-refractivity contribution in [2.75, 3.05) is 0 Å². The molecule has 0 unspecified atom stereocenters. The standard InChI is InChI=1S/C8H17Br/c1-4-5-6-7-8(2,3)9/h4-7H2,1-3H3. The Morgan fingerprint density at radius 2 is 1.78 bits per heavy atom. The zero-order valence-corrected chi connectivity index (χ0v) is 8.29. The third-order valence-corrected chi connectivity index (χ3v) is 1.77. The van der Waals surface area contributed by atoms with Gasteiger partial charge in [-0.15, -0.1) is 0 Å². The lowest BCUT2D eigenvalue weighted by Gasteiger charge is -2.14. The smallest absolute Gasteiger partial charge is 0.0201 e. The molecule has 0 fully saturated rings. The SMILES string of the molecule is CCCCCC(C)(C)Br. The number of hydrogen-bond acceptors (Lipinski definition) is 0. The highest BCUT2D eigenvalue weighted by molar-refractivity contribution is 9.10. The van der Waals surface area contributed by atoms with E-state index in [-0.39, 0.29) is 0 Å². The summed E-state index contributed by atoms with van der Waals surface area (Å²) in [6.45, 7) is 6.69. The number of unbranched alkanes of at least 4 members (excludes halogenated alkanes) is 2. The predicted molar refractivity (Wildman–Crippen MR) is 47.1 cm³/mol. The van der Waals surface area contributed by atoms with E-state index in [1.165, 1.54) is 25.7 Å². The van der Waals surface area contributed by atoms with E-state index in [0.29, 0.717) is 4.32 Å². The molecule has 0 spiro atoms. The lowest BCUT2D eigenvalue weighted by molar-refractivity contribution is 0.582. The number of alkyl halides is 1. The van der Waals surface area contributed by atoms with Crippen LogP contribution in [0.2, 0.25) is 0 Å². The highest BCUT2D eigenvalue weighted by Crippen LogP contribution is 2.23. The molecule has 0 radical (unpaired) electrons.